The largest absolute Gasteiger partial charge is 0.295 e. The summed E-state index contributed by atoms with van der Waals surface area (Å²) >= 11 is 0. The first kappa shape index (κ1) is 9.50. The first-order valence-corrected chi connectivity index (χ1v) is 4.89. The minimum absolute atomic E-state index is 0.341. The van der Waals surface area contributed by atoms with Crippen LogP contribution < -0.4 is 0 Å². The summed E-state index contributed by atoms with van der Waals surface area (Å²) in [6.07, 6.45) is 7.83. The van der Waals surface area contributed by atoms with E-state index in [1.54, 1.807) is 6.08 Å². The zero-order valence-corrected chi connectivity index (χ0v) is 8.10. The second-order valence-electron chi connectivity index (χ2n) is 3.96. The summed E-state index contributed by atoms with van der Waals surface area (Å²) in [5, 5.41) is 0. The van der Waals surface area contributed by atoms with E-state index < -0.39 is 0 Å². The van der Waals surface area contributed by atoms with Gasteiger partial charge < -0.3 is 0 Å². The van der Waals surface area contributed by atoms with Crippen LogP contribution in [-0.2, 0) is 4.79 Å². The Kier molecular flexibility index (Phi) is 3.51. The molecule has 1 saturated carbocycles. The van der Waals surface area contributed by atoms with Crippen LogP contribution in [0.3, 0.4) is 0 Å². The summed E-state index contributed by atoms with van der Waals surface area (Å²) < 4.78 is 0. The van der Waals surface area contributed by atoms with Gasteiger partial charge in [-0.05, 0) is 32.8 Å². The molecule has 0 heterocycles. The van der Waals surface area contributed by atoms with Gasteiger partial charge in [0.25, 0.3) is 0 Å². The van der Waals surface area contributed by atoms with Crippen molar-refractivity contribution in [2.75, 3.05) is 0 Å². The van der Waals surface area contributed by atoms with Crippen LogP contribution in [0, 0.1) is 5.92 Å². The summed E-state index contributed by atoms with van der Waals surface area (Å²) in [5.74, 6) is 0.698. The molecule has 0 radical (unpaired) electrons. The van der Waals surface area contributed by atoms with Crippen LogP contribution in [0.1, 0.15) is 46.0 Å². The Balaban J connectivity index is 2.45. The highest BCUT2D eigenvalue weighted by Gasteiger charge is 2.18. The fourth-order valence-corrected chi connectivity index (χ4v) is 1.79. The molecule has 0 amide bonds. The number of allylic oxidation sites excluding steroid dienone is 2. The fourth-order valence-electron chi connectivity index (χ4n) is 1.79. The molecule has 0 saturated heterocycles. The Hall–Kier alpha value is -0.590. The van der Waals surface area contributed by atoms with Gasteiger partial charge in [-0.3, -0.25) is 4.79 Å². The van der Waals surface area contributed by atoms with Crippen LogP contribution in [0.2, 0.25) is 0 Å². The van der Waals surface area contributed by atoms with Crippen LogP contribution >= 0.6 is 0 Å². The van der Waals surface area contributed by atoms with Crippen molar-refractivity contribution in [3.05, 3.63) is 11.6 Å². The first-order valence-electron chi connectivity index (χ1n) is 4.89. The molecule has 0 aromatic heterocycles. The van der Waals surface area contributed by atoms with E-state index in [9.17, 15) is 4.79 Å². The zero-order valence-electron chi connectivity index (χ0n) is 8.10. The molecule has 0 aromatic carbocycles. The maximum Gasteiger partial charge on any atom is 0.158 e. The Morgan fingerprint density at radius 1 is 1.17 bits per heavy atom. The molecule has 1 rings (SSSR count). The van der Waals surface area contributed by atoms with Gasteiger partial charge in [0, 0.05) is 5.92 Å². The standard InChI is InChI=1S/C11H18O/c1-9(2)8-11(12)10-6-4-3-5-7-10/h8,10H,3-7H2,1-2H3. The lowest BCUT2D eigenvalue weighted by molar-refractivity contribution is -0.119. The van der Waals surface area contributed by atoms with Crippen LogP contribution in [-0.4, -0.2) is 5.78 Å². The molecule has 1 fully saturated rings. The summed E-state index contributed by atoms with van der Waals surface area (Å²) in [6.45, 7) is 3.97. The Morgan fingerprint density at radius 3 is 2.25 bits per heavy atom. The predicted octanol–water partition coefficient (Wildman–Crippen LogP) is 3.10. The third-order valence-corrected chi connectivity index (χ3v) is 2.44. The lowest BCUT2D eigenvalue weighted by Crippen LogP contribution is -2.15. The molecular weight excluding hydrogens is 148 g/mol. The molecule has 0 aliphatic heterocycles. The van der Waals surface area contributed by atoms with Crippen LogP contribution in [0.5, 0.6) is 0 Å². The molecule has 1 aliphatic carbocycles. The monoisotopic (exact) mass is 166 g/mol. The van der Waals surface area contributed by atoms with Gasteiger partial charge in [-0.25, -0.2) is 0 Å². The third-order valence-electron chi connectivity index (χ3n) is 2.44. The molecule has 0 aromatic rings. The maximum absolute atomic E-state index is 11.5. The highest BCUT2D eigenvalue weighted by Crippen LogP contribution is 2.24. The molecular formula is C11H18O. The maximum atomic E-state index is 11.5. The van der Waals surface area contributed by atoms with Crippen LogP contribution in [0.4, 0.5) is 0 Å². The SMILES string of the molecule is CC(C)=CC(=O)C1CCCCC1. The van der Waals surface area contributed by atoms with Crippen molar-refractivity contribution >= 4 is 5.78 Å². The molecule has 0 bridgehead atoms. The van der Waals surface area contributed by atoms with E-state index in [4.69, 9.17) is 0 Å². The number of rotatable bonds is 2. The van der Waals surface area contributed by atoms with Crippen molar-refractivity contribution in [2.45, 2.75) is 46.0 Å². The van der Waals surface area contributed by atoms with Crippen molar-refractivity contribution in [2.24, 2.45) is 5.92 Å². The Bertz CT molecular complexity index is 181. The van der Waals surface area contributed by atoms with E-state index in [1.807, 2.05) is 13.8 Å². The average Bonchev–Trinajstić information content (AvgIpc) is 2.05. The molecule has 0 atom stereocenters. The molecule has 1 aliphatic rings. The van der Waals surface area contributed by atoms with Gasteiger partial charge in [-0.1, -0.05) is 24.8 Å². The normalized spacial score (nSPS) is 18.8. The van der Waals surface area contributed by atoms with Gasteiger partial charge in [0.15, 0.2) is 5.78 Å². The lowest BCUT2D eigenvalue weighted by atomic mass is 9.86. The zero-order chi connectivity index (χ0) is 8.97. The highest BCUT2D eigenvalue weighted by molar-refractivity contribution is 5.92. The van der Waals surface area contributed by atoms with E-state index in [0.29, 0.717) is 11.7 Å². The van der Waals surface area contributed by atoms with Crippen molar-refractivity contribution in [3.63, 3.8) is 0 Å². The van der Waals surface area contributed by atoms with Gasteiger partial charge in [-0.2, -0.15) is 0 Å². The second kappa shape index (κ2) is 4.44. The topological polar surface area (TPSA) is 17.1 Å². The van der Waals surface area contributed by atoms with Crippen molar-refractivity contribution in [1.82, 2.24) is 0 Å². The minimum atomic E-state index is 0.341. The number of carbonyl (C=O) groups is 1. The van der Waals surface area contributed by atoms with E-state index in [1.165, 1.54) is 19.3 Å². The molecule has 68 valence electrons. The highest BCUT2D eigenvalue weighted by atomic mass is 16.1. The summed E-state index contributed by atoms with van der Waals surface area (Å²) in [7, 11) is 0. The predicted molar refractivity (Wildman–Crippen MR) is 51.0 cm³/mol. The van der Waals surface area contributed by atoms with Crippen molar-refractivity contribution < 1.29 is 4.79 Å². The number of carbonyl (C=O) groups excluding carboxylic acids is 1. The molecule has 1 heteroatoms. The second-order valence-corrected chi connectivity index (χ2v) is 3.96. The van der Waals surface area contributed by atoms with Gasteiger partial charge in [0.1, 0.15) is 0 Å². The van der Waals surface area contributed by atoms with Gasteiger partial charge in [-0.15, -0.1) is 0 Å². The van der Waals surface area contributed by atoms with Gasteiger partial charge in [0.2, 0.25) is 0 Å². The summed E-state index contributed by atoms with van der Waals surface area (Å²) in [6, 6.07) is 0. The Morgan fingerprint density at radius 2 is 1.75 bits per heavy atom. The van der Waals surface area contributed by atoms with Gasteiger partial charge in [0.05, 0.1) is 0 Å². The van der Waals surface area contributed by atoms with E-state index in [0.717, 1.165) is 18.4 Å². The first-order chi connectivity index (χ1) is 5.70. The summed E-state index contributed by atoms with van der Waals surface area (Å²) in [4.78, 5) is 11.5. The number of hydrogen-bond donors (Lipinski definition) is 0. The minimum Gasteiger partial charge on any atom is -0.295 e. The van der Waals surface area contributed by atoms with Gasteiger partial charge >= 0.3 is 0 Å². The third kappa shape index (κ3) is 2.80. The lowest BCUT2D eigenvalue weighted by Gasteiger charge is -2.18. The molecule has 0 spiro atoms. The molecule has 0 N–H and O–H groups in total. The average molecular weight is 166 g/mol. The quantitative estimate of drug-likeness (QED) is 0.576. The molecule has 12 heavy (non-hydrogen) atoms. The van der Waals surface area contributed by atoms with Crippen molar-refractivity contribution in [3.8, 4) is 0 Å². The van der Waals surface area contributed by atoms with E-state index in [2.05, 4.69) is 0 Å². The van der Waals surface area contributed by atoms with E-state index >= 15 is 0 Å². The fraction of sp³-hybridized carbons (Fsp3) is 0.727. The van der Waals surface area contributed by atoms with Crippen LogP contribution in [0.25, 0.3) is 0 Å². The molecule has 0 unspecified atom stereocenters. The van der Waals surface area contributed by atoms with E-state index in [-0.39, 0.29) is 0 Å². The Labute approximate surface area is 74.9 Å². The van der Waals surface area contributed by atoms with Crippen LogP contribution in [0.15, 0.2) is 11.6 Å². The number of hydrogen-bond acceptors (Lipinski definition) is 1. The number of ketones is 1. The summed E-state index contributed by atoms with van der Waals surface area (Å²) in [5.41, 5.74) is 1.13. The van der Waals surface area contributed by atoms with Crippen molar-refractivity contribution in [1.29, 1.82) is 0 Å². The molecule has 1 nitrogen and oxygen atoms in total. The smallest absolute Gasteiger partial charge is 0.158 e.